The molecule has 0 radical (unpaired) electrons. The molecule has 0 atom stereocenters. The molecule has 8 heteroatoms. The van der Waals surface area contributed by atoms with Crippen LogP contribution in [0.1, 0.15) is 21.5 Å². The van der Waals surface area contributed by atoms with Crippen LogP contribution in [0.3, 0.4) is 0 Å². The number of imide groups is 1. The Balaban J connectivity index is 1.56. The summed E-state index contributed by atoms with van der Waals surface area (Å²) in [6, 6.07) is 19.3. The van der Waals surface area contributed by atoms with Crippen LogP contribution in [0.25, 0.3) is 6.08 Å². The quantitative estimate of drug-likeness (QED) is 0.281. The van der Waals surface area contributed by atoms with Gasteiger partial charge in [-0.2, -0.15) is 0 Å². The minimum absolute atomic E-state index is 0.156. The third-order valence-corrected chi connectivity index (χ3v) is 5.76. The van der Waals surface area contributed by atoms with E-state index in [-0.39, 0.29) is 22.8 Å². The molecule has 33 heavy (non-hydrogen) atoms. The minimum atomic E-state index is -0.559. The van der Waals surface area contributed by atoms with Crippen LogP contribution in [-0.2, 0) is 11.3 Å². The van der Waals surface area contributed by atoms with Gasteiger partial charge in [0.2, 0.25) is 0 Å². The van der Waals surface area contributed by atoms with E-state index in [9.17, 15) is 18.8 Å². The molecule has 4 rings (SSSR count). The maximum atomic E-state index is 14.0. The summed E-state index contributed by atoms with van der Waals surface area (Å²) in [6.45, 7) is -0.156. The van der Waals surface area contributed by atoms with Crippen LogP contribution in [0.5, 0.6) is 11.5 Å². The fraction of sp³-hybridized carbons (Fsp3) is 0.0800. The number of amides is 2. The van der Waals surface area contributed by atoms with Gasteiger partial charge in [0, 0.05) is 5.56 Å². The number of rotatable bonds is 6. The second-order valence-corrected chi connectivity index (χ2v) is 8.02. The molecule has 1 saturated heterocycles. The van der Waals surface area contributed by atoms with Crippen molar-refractivity contribution in [1.82, 2.24) is 4.90 Å². The Kier molecular flexibility index (Phi) is 6.55. The number of nitrogens with zero attached hydrogens (tertiary/aromatic N) is 1. The molecule has 0 aliphatic carbocycles. The molecule has 2 amide bonds. The summed E-state index contributed by atoms with van der Waals surface area (Å²) in [5, 5.41) is -0.487. The van der Waals surface area contributed by atoms with Crippen LogP contribution in [-0.4, -0.2) is 29.1 Å². The molecule has 1 fully saturated rings. The SMILES string of the molecule is COc1ccc(/C=C2\SC(=O)N(Cc3ccccc3F)C2=O)cc1OC(=O)c1ccccc1. The van der Waals surface area contributed by atoms with Crippen LogP contribution < -0.4 is 9.47 Å². The normalized spacial score (nSPS) is 14.6. The summed E-state index contributed by atoms with van der Waals surface area (Å²) in [5.41, 5.74) is 1.16. The fourth-order valence-corrected chi connectivity index (χ4v) is 4.02. The van der Waals surface area contributed by atoms with Gasteiger partial charge < -0.3 is 9.47 Å². The van der Waals surface area contributed by atoms with Gasteiger partial charge in [0.25, 0.3) is 11.1 Å². The van der Waals surface area contributed by atoms with E-state index in [4.69, 9.17) is 9.47 Å². The molecular formula is C25H18FNO5S. The highest BCUT2D eigenvalue weighted by Gasteiger charge is 2.35. The van der Waals surface area contributed by atoms with Gasteiger partial charge in [0.1, 0.15) is 5.82 Å². The summed E-state index contributed by atoms with van der Waals surface area (Å²) >= 11 is 0.765. The van der Waals surface area contributed by atoms with E-state index in [0.29, 0.717) is 16.9 Å². The second kappa shape index (κ2) is 9.70. The Morgan fingerprint density at radius 1 is 1.00 bits per heavy atom. The Labute approximate surface area is 193 Å². The highest BCUT2D eigenvalue weighted by Crippen LogP contribution is 2.35. The van der Waals surface area contributed by atoms with Crippen molar-refractivity contribution in [3.8, 4) is 11.5 Å². The van der Waals surface area contributed by atoms with Crippen LogP contribution in [0.15, 0.2) is 77.7 Å². The van der Waals surface area contributed by atoms with Gasteiger partial charge in [-0.15, -0.1) is 0 Å². The van der Waals surface area contributed by atoms with Crippen molar-refractivity contribution in [2.75, 3.05) is 7.11 Å². The van der Waals surface area contributed by atoms with Crippen molar-refractivity contribution >= 4 is 35.0 Å². The van der Waals surface area contributed by atoms with Gasteiger partial charge in [0.15, 0.2) is 11.5 Å². The Morgan fingerprint density at radius 2 is 1.73 bits per heavy atom. The molecule has 0 spiro atoms. The van der Waals surface area contributed by atoms with Crippen LogP contribution >= 0.6 is 11.8 Å². The number of esters is 1. The van der Waals surface area contributed by atoms with E-state index in [1.165, 1.54) is 25.3 Å². The van der Waals surface area contributed by atoms with E-state index >= 15 is 0 Å². The lowest BCUT2D eigenvalue weighted by molar-refractivity contribution is -0.123. The maximum absolute atomic E-state index is 14.0. The van der Waals surface area contributed by atoms with E-state index in [0.717, 1.165) is 16.7 Å². The van der Waals surface area contributed by atoms with Gasteiger partial charge in [-0.05, 0) is 53.7 Å². The van der Waals surface area contributed by atoms with Gasteiger partial charge in [-0.1, -0.05) is 42.5 Å². The number of ether oxygens (including phenoxy) is 2. The lowest BCUT2D eigenvalue weighted by Gasteiger charge is -2.13. The largest absolute Gasteiger partial charge is 0.493 e. The molecule has 1 aliphatic heterocycles. The van der Waals surface area contributed by atoms with Crippen LogP contribution in [0.2, 0.25) is 0 Å². The molecule has 0 bridgehead atoms. The summed E-state index contributed by atoms with van der Waals surface area (Å²) in [6.07, 6.45) is 1.52. The predicted molar refractivity (Wildman–Crippen MR) is 122 cm³/mol. The first kappa shape index (κ1) is 22.3. The lowest BCUT2D eigenvalue weighted by atomic mass is 10.1. The average molecular weight is 463 g/mol. The molecule has 1 aliphatic rings. The molecule has 166 valence electrons. The standard InChI is InChI=1S/C25H18FNO5S/c1-31-20-12-11-16(13-21(20)32-24(29)17-7-3-2-4-8-17)14-22-23(28)27(25(30)33-22)15-18-9-5-6-10-19(18)26/h2-14H,15H2,1H3/b22-14-. The zero-order chi connectivity index (χ0) is 23.4. The van der Waals surface area contributed by atoms with E-state index < -0.39 is 22.9 Å². The van der Waals surface area contributed by atoms with Gasteiger partial charge in [-0.25, -0.2) is 9.18 Å². The number of methoxy groups -OCH3 is 1. The zero-order valence-electron chi connectivity index (χ0n) is 17.5. The Bertz CT molecular complexity index is 1260. The second-order valence-electron chi connectivity index (χ2n) is 7.03. The first-order valence-electron chi connectivity index (χ1n) is 9.90. The van der Waals surface area contributed by atoms with Crippen LogP contribution in [0.4, 0.5) is 9.18 Å². The van der Waals surface area contributed by atoms with Crippen molar-refractivity contribution < 1.29 is 28.2 Å². The third kappa shape index (κ3) is 4.96. The summed E-state index contributed by atoms with van der Waals surface area (Å²) < 4.78 is 24.7. The van der Waals surface area contributed by atoms with Crippen molar-refractivity contribution in [2.24, 2.45) is 0 Å². The van der Waals surface area contributed by atoms with Crippen molar-refractivity contribution in [2.45, 2.75) is 6.54 Å². The Hall–Kier alpha value is -3.91. The number of carbonyl (C=O) groups is 3. The molecular weight excluding hydrogens is 445 g/mol. The highest BCUT2D eigenvalue weighted by atomic mass is 32.2. The van der Waals surface area contributed by atoms with E-state index in [1.54, 1.807) is 60.7 Å². The number of hydrogen-bond acceptors (Lipinski definition) is 6. The maximum Gasteiger partial charge on any atom is 0.343 e. The monoisotopic (exact) mass is 463 g/mol. The van der Waals surface area contributed by atoms with Crippen LogP contribution in [0, 0.1) is 5.82 Å². The molecule has 0 N–H and O–H groups in total. The van der Waals surface area contributed by atoms with Crippen molar-refractivity contribution in [3.63, 3.8) is 0 Å². The lowest BCUT2D eigenvalue weighted by Crippen LogP contribution is -2.27. The van der Waals surface area contributed by atoms with Gasteiger partial charge in [0.05, 0.1) is 24.1 Å². The molecule has 3 aromatic rings. The first-order valence-corrected chi connectivity index (χ1v) is 10.7. The topological polar surface area (TPSA) is 72.9 Å². The highest BCUT2D eigenvalue weighted by molar-refractivity contribution is 8.18. The summed E-state index contributed by atoms with van der Waals surface area (Å²) in [4.78, 5) is 38.8. The minimum Gasteiger partial charge on any atom is -0.493 e. The van der Waals surface area contributed by atoms with E-state index in [2.05, 4.69) is 0 Å². The number of hydrogen-bond donors (Lipinski definition) is 0. The summed E-state index contributed by atoms with van der Waals surface area (Å²) in [7, 11) is 1.45. The molecule has 1 heterocycles. The number of benzene rings is 3. The number of halogens is 1. The first-order chi connectivity index (χ1) is 16.0. The van der Waals surface area contributed by atoms with Gasteiger partial charge in [-0.3, -0.25) is 14.5 Å². The smallest absolute Gasteiger partial charge is 0.343 e. The third-order valence-electron chi connectivity index (χ3n) is 4.86. The molecule has 0 aromatic heterocycles. The molecule has 3 aromatic carbocycles. The van der Waals surface area contributed by atoms with Crippen molar-refractivity contribution in [1.29, 1.82) is 0 Å². The average Bonchev–Trinajstić information content (AvgIpc) is 3.08. The molecule has 0 unspecified atom stereocenters. The predicted octanol–water partition coefficient (Wildman–Crippen LogP) is 5.29. The van der Waals surface area contributed by atoms with E-state index in [1.807, 2.05) is 0 Å². The van der Waals surface area contributed by atoms with Gasteiger partial charge >= 0.3 is 5.97 Å². The number of thioether (sulfide) groups is 1. The Morgan fingerprint density at radius 3 is 2.45 bits per heavy atom. The fourth-order valence-electron chi connectivity index (χ4n) is 3.18. The zero-order valence-corrected chi connectivity index (χ0v) is 18.3. The molecule has 6 nitrogen and oxygen atoms in total. The van der Waals surface area contributed by atoms with Crippen molar-refractivity contribution in [3.05, 3.63) is 100 Å². The molecule has 0 saturated carbocycles. The summed E-state index contributed by atoms with van der Waals surface area (Å²) in [5.74, 6) is -1.06. The number of carbonyl (C=O) groups excluding carboxylic acids is 3.